The fourth-order valence-electron chi connectivity index (χ4n) is 8.10. The quantitative estimate of drug-likeness (QED) is 0.173. The van der Waals surface area contributed by atoms with Crippen LogP contribution in [0.4, 0.5) is 0 Å². The molecule has 1 aliphatic rings. The first-order valence-electron chi connectivity index (χ1n) is 20.2. The minimum Gasteiger partial charge on any atom is -0.455 e. The van der Waals surface area contributed by atoms with Crippen LogP contribution in [0.15, 0.2) is 201 Å². The largest absolute Gasteiger partial charge is 0.455 e. The maximum atomic E-state index is 7.12. The molecule has 0 radical (unpaired) electrons. The lowest BCUT2D eigenvalue weighted by atomic mass is 9.93. The third-order valence-corrected chi connectivity index (χ3v) is 11.1. The summed E-state index contributed by atoms with van der Waals surface area (Å²) in [5, 5.41) is 2.12. The molecule has 4 heterocycles. The Morgan fingerprint density at radius 3 is 1.57 bits per heavy atom. The Balaban J connectivity index is 1.13. The number of fused-ring (bicyclic) bond motifs is 8. The normalized spacial score (nSPS) is 11.7. The smallest absolute Gasteiger partial charge is 0.164 e. The molecule has 0 amide bonds. The number of benzene rings is 7. The van der Waals surface area contributed by atoms with Crippen molar-refractivity contribution in [2.24, 2.45) is 0 Å². The van der Waals surface area contributed by atoms with Crippen molar-refractivity contribution in [2.45, 2.75) is 0 Å². The SMILES string of the molecule is C1=Cc2ccc(-c3nc(-c4cccc(-c5cccnc5)c4)nc(-c4cccc(-c5cccnc5)c4)n3)cc2-c2ccc3ccccc3c2Oc2ccccc2-c2ccccc21. The average Bonchev–Trinajstić information content (AvgIpc) is 3.36. The first kappa shape index (κ1) is 35.8. The number of ether oxygens (including phenoxy) is 1. The molecule has 11 rings (SSSR count). The standard InChI is InChI=1S/C55H35N5O/c1-3-19-46-36(11-1)23-24-38-25-26-43(33-50(38)49-28-27-37-12-2-4-20-47(37)52(49)61-51-22-6-5-21-48(46)51)55-59-53(41-15-7-13-39(31-41)44-17-9-29-56-34-44)58-54(60-55)42-16-8-14-40(32-42)45-18-10-30-57-35-45/h1-35H. The van der Waals surface area contributed by atoms with E-state index < -0.39 is 0 Å². The highest BCUT2D eigenvalue weighted by Gasteiger charge is 2.21. The molecule has 1 aliphatic heterocycles. The molecule has 0 saturated carbocycles. The van der Waals surface area contributed by atoms with Gasteiger partial charge >= 0.3 is 0 Å². The van der Waals surface area contributed by atoms with E-state index in [2.05, 4.69) is 156 Å². The zero-order valence-electron chi connectivity index (χ0n) is 32.9. The number of aromatic nitrogens is 5. The monoisotopic (exact) mass is 781 g/mol. The Labute approximate surface area is 353 Å². The molecule has 3 aromatic heterocycles. The maximum Gasteiger partial charge on any atom is 0.164 e. The number of pyridine rings is 2. The Morgan fingerprint density at radius 2 is 0.902 bits per heavy atom. The van der Waals surface area contributed by atoms with Gasteiger partial charge in [-0.05, 0) is 81.2 Å². The van der Waals surface area contributed by atoms with Gasteiger partial charge in [0, 0.05) is 69.1 Å². The van der Waals surface area contributed by atoms with E-state index in [0.717, 1.165) is 94.6 Å². The summed E-state index contributed by atoms with van der Waals surface area (Å²) in [5.74, 6) is 3.26. The van der Waals surface area contributed by atoms with Crippen molar-refractivity contribution in [3.63, 3.8) is 0 Å². The Morgan fingerprint density at radius 1 is 0.344 bits per heavy atom. The predicted molar refractivity (Wildman–Crippen MR) is 246 cm³/mol. The zero-order chi connectivity index (χ0) is 40.5. The van der Waals surface area contributed by atoms with Crippen molar-refractivity contribution in [3.8, 4) is 90.2 Å². The van der Waals surface area contributed by atoms with E-state index >= 15 is 0 Å². The Kier molecular flexibility index (Phi) is 9.06. The molecule has 0 unspecified atom stereocenters. The highest BCUT2D eigenvalue weighted by molar-refractivity contribution is 5.99. The van der Waals surface area contributed by atoms with E-state index in [1.807, 2.05) is 54.9 Å². The van der Waals surface area contributed by atoms with Crippen LogP contribution in [0.3, 0.4) is 0 Å². The van der Waals surface area contributed by atoms with E-state index in [1.165, 1.54) is 0 Å². The molecular weight excluding hydrogens is 747 g/mol. The molecule has 0 N–H and O–H groups in total. The van der Waals surface area contributed by atoms with E-state index in [4.69, 9.17) is 19.7 Å². The van der Waals surface area contributed by atoms with Crippen LogP contribution < -0.4 is 4.74 Å². The van der Waals surface area contributed by atoms with E-state index in [0.29, 0.717) is 17.5 Å². The van der Waals surface area contributed by atoms with Gasteiger partial charge < -0.3 is 4.74 Å². The minimum absolute atomic E-state index is 0.554. The van der Waals surface area contributed by atoms with Crippen molar-refractivity contribution in [1.82, 2.24) is 24.9 Å². The molecule has 286 valence electrons. The van der Waals surface area contributed by atoms with Gasteiger partial charge in [-0.15, -0.1) is 0 Å². The number of nitrogens with zero attached hydrogens (tertiary/aromatic N) is 5. The lowest BCUT2D eigenvalue weighted by Crippen LogP contribution is -2.01. The molecule has 0 fully saturated rings. The van der Waals surface area contributed by atoms with E-state index in [1.54, 1.807) is 12.4 Å². The van der Waals surface area contributed by atoms with Crippen LogP contribution in [0.25, 0.3) is 102 Å². The van der Waals surface area contributed by atoms with Crippen LogP contribution in [0.2, 0.25) is 0 Å². The van der Waals surface area contributed by atoms with Gasteiger partial charge in [-0.2, -0.15) is 0 Å². The molecule has 0 saturated heterocycles. The molecule has 6 heteroatoms. The van der Waals surface area contributed by atoms with Gasteiger partial charge in [-0.25, -0.2) is 15.0 Å². The van der Waals surface area contributed by atoms with Gasteiger partial charge in [0.25, 0.3) is 0 Å². The number of para-hydroxylation sites is 1. The number of hydrogen-bond donors (Lipinski definition) is 0. The van der Waals surface area contributed by atoms with Gasteiger partial charge in [0.1, 0.15) is 11.5 Å². The predicted octanol–water partition coefficient (Wildman–Crippen LogP) is 13.8. The fraction of sp³-hybridized carbons (Fsp3) is 0. The van der Waals surface area contributed by atoms with Crippen LogP contribution in [-0.2, 0) is 0 Å². The number of rotatable bonds is 5. The van der Waals surface area contributed by atoms with Crippen molar-refractivity contribution < 1.29 is 4.74 Å². The second-order valence-electron chi connectivity index (χ2n) is 14.9. The second-order valence-corrected chi connectivity index (χ2v) is 14.9. The van der Waals surface area contributed by atoms with Gasteiger partial charge in [0.05, 0.1) is 0 Å². The molecule has 0 atom stereocenters. The highest BCUT2D eigenvalue weighted by atomic mass is 16.5. The third-order valence-electron chi connectivity index (χ3n) is 11.1. The van der Waals surface area contributed by atoms with Crippen molar-refractivity contribution in [1.29, 1.82) is 0 Å². The minimum atomic E-state index is 0.554. The van der Waals surface area contributed by atoms with Gasteiger partial charge in [-0.3, -0.25) is 9.97 Å². The summed E-state index contributed by atoms with van der Waals surface area (Å²) in [7, 11) is 0. The molecule has 61 heavy (non-hydrogen) atoms. The van der Waals surface area contributed by atoms with Crippen LogP contribution in [0, 0.1) is 0 Å². The average molecular weight is 782 g/mol. The third kappa shape index (κ3) is 6.92. The lowest BCUT2D eigenvalue weighted by molar-refractivity contribution is 0.492. The molecular formula is C55H35N5O. The first-order valence-corrected chi connectivity index (χ1v) is 20.2. The second kappa shape index (κ2) is 15.4. The Hall–Kier alpha value is -8.35. The van der Waals surface area contributed by atoms with Crippen LogP contribution in [-0.4, -0.2) is 24.9 Å². The highest BCUT2D eigenvalue weighted by Crippen LogP contribution is 2.45. The Bertz CT molecular complexity index is 3190. The zero-order valence-corrected chi connectivity index (χ0v) is 32.9. The summed E-state index contributed by atoms with van der Waals surface area (Å²) in [5.41, 5.74) is 12.9. The topological polar surface area (TPSA) is 73.7 Å². The molecule has 0 spiro atoms. The molecule has 0 bridgehead atoms. The van der Waals surface area contributed by atoms with E-state index in [9.17, 15) is 0 Å². The van der Waals surface area contributed by atoms with Crippen LogP contribution >= 0.6 is 0 Å². The molecule has 7 aromatic carbocycles. The van der Waals surface area contributed by atoms with Gasteiger partial charge in [0.2, 0.25) is 0 Å². The molecule has 6 nitrogen and oxygen atoms in total. The summed E-state index contributed by atoms with van der Waals surface area (Å²) < 4.78 is 7.12. The summed E-state index contributed by atoms with van der Waals surface area (Å²) >= 11 is 0. The van der Waals surface area contributed by atoms with Crippen molar-refractivity contribution in [2.75, 3.05) is 0 Å². The molecule has 0 aliphatic carbocycles. The summed E-state index contributed by atoms with van der Waals surface area (Å²) in [6, 6.07) is 60.5. The maximum absolute atomic E-state index is 7.12. The van der Waals surface area contributed by atoms with E-state index in [-0.39, 0.29) is 0 Å². The molecule has 10 aromatic rings. The van der Waals surface area contributed by atoms with Crippen molar-refractivity contribution >= 4 is 22.9 Å². The van der Waals surface area contributed by atoms with Crippen molar-refractivity contribution in [3.05, 3.63) is 212 Å². The summed E-state index contributed by atoms with van der Waals surface area (Å²) in [6.45, 7) is 0. The lowest BCUT2D eigenvalue weighted by Gasteiger charge is -2.18. The van der Waals surface area contributed by atoms with Gasteiger partial charge in [-0.1, -0.05) is 146 Å². The first-order chi connectivity index (χ1) is 30.2. The summed E-state index contributed by atoms with van der Waals surface area (Å²) in [6.07, 6.45) is 11.7. The number of hydrogen-bond acceptors (Lipinski definition) is 6. The van der Waals surface area contributed by atoms with Gasteiger partial charge in [0.15, 0.2) is 17.5 Å². The summed E-state index contributed by atoms with van der Waals surface area (Å²) in [4.78, 5) is 24.3. The van der Waals surface area contributed by atoms with Crippen LogP contribution in [0.1, 0.15) is 11.1 Å². The van der Waals surface area contributed by atoms with Crippen LogP contribution in [0.5, 0.6) is 11.5 Å². The fourth-order valence-corrected chi connectivity index (χ4v) is 8.10.